The maximum atomic E-state index is 11.7. The van der Waals surface area contributed by atoms with Crippen LogP contribution in [0.4, 0.5) is 0 Å². The highest BCUT2D eigenvalue weighted by molar-refractivity contribution is 7.91. The zero-order valence-corrected chi connectivity index (χ0v) is 14.0. The van der Waals surface area contributed by atoms with Crippen LogP contribution in [-0.2, 0) is 9.84 Å². The van der Waals surface area contributed by atoms with Gasteiger partial charge in [-0.25, -0.2) is 8.42 Å². The second-order valence-corrected chi connectivity index (χ2v) is 10.2. The number of hydrogen-bond acceptors (Lipinski definition) is 2. The van der Waals surface area contributed by atoms with E-state index in [4.69, 9.17) is 11.6 Å². The molecule has 1 atom stereocenters. The molecule has 2 rings (SSSR count). The van der Waals surface area contributed by atoms with E-state index in [1.54, 1.807) is 0 Å². The average Bonchev–Trinajstić information content (AvgIpc) is 2.69. The normalized spacial score (nSPS) is 39.4. The molecule has 0 bridgehead atoms. The smallest absolute Gasteiger partial charge is 0.150 e. The summed E-state index contributed by atoms with van der Waals surface area (Å²) < 4.78 is 23.4. The van der Waals surface area contributed by atoms with E-state index in [9.17, 15) is 8.42 Å². The van der Waals surface area contributed by atoms with Gasteiger partial charge in [0.25, 0.3) is 0 Å². The summed E-state index contributed by atoms with van der Waals surface area (Å²) in [6, 6.07) is 0. The van der Waals surface area contributed by atoms with Crippen LogP contribution in [0.5, 0.6) is 0 Å². The second-order valence-electron chi connectivity index (χ2n) is 7.74. The highest BCUT2D eigenvalue weighted by Gasteiger charge is 2.46. The van der Waals surface area contributed by atoms with Gasteiger partial charge in [-0.2, -0.15) is 0 Å². The number of rotatable bonds is 2. The van der Waals surface area contributed by atoms with Crippen molar-refractivity contribution in [3.05, 3.63) is 0 Å². The molecule has 0 aromatic rings. The fourth-order valence-electron chi connectivity index (χ4n) is 3.99. The third-order valence-electron chi connectivity index (χ3n) is 5.57. The Kier molecular flexibility index (Phi) is 4.29. The van der Waals surface area contributed by atoms with Crippen molar-refractivity contribution in [2.24, 2.45) is 22.7 Å². The van der Waals surface area contributed by atoms with Crippen molar-refractivity contribution in [2.75, 3.05) is 17.4 Å². The SMILES string of the molecule is CC(C)(C)C1CCC(CCl)(C2CCS(=O)(=O)C2)CC1. The molecular formula is C15H27ClO2S. The molecule has 1 aliphatic carbocycles. The lowest BCUT2D eigenvalue weighted by Crippen LogP contribution is -2.39. The minimum absolute atomic E-state index is 0.0902. The third kappa shape index (κ3) is 3.29. The highest BCUT2D eigenvalue weighted by atomic mass is 35.5. The summed E-state index contributed by atoms with van der Waals surface area (Å²) in [5.41, 5.74) is 0.451. The Hall–Kier alpha value is 0.240. The summed E-state index contributed by atoms with van der Waals surface area (Å²) >= 11 is 6.28. The fourth-order valence-corrected chi connectivity index (χ4v) is 6.42. The lowest BCUT2D eigenvalue weighted by atomic mass is 9.60. The molecule has 0 aromatic heterocycles. The largest absolute Gasteiger partial charge is 0.229 e. The summed E-state index contributed by atoms with van der Waals surface area (Å²) in [5.74, 6) is 2.43. The first-order valence-electron chi connectivity index (χ1n) is 7.45. The number of sulfone groups is 1. The molecule has 1 aliphatic heterocycles. The van der Waals surface area contributed by atoms with Crippen LogP contribution in [0, 0.1) is 22.7 Å². The monoisotopic (exact) mass is 306 g/mol. The van der Waals surface area contributed by atoms with E-state index >= 15 is 0 Å². The van der Waals surface area contributed by atoms with Crippen molar-refractivity contribution in [3.8, 4) is 0 Å². The van der Waals surface area contributed by atoms with Gasteiger partial charge >= 0.3 is 0 Å². The van der Waals surface area contributed by atoms with Gasteiger partial charge in [-0.1, -0.05) is 20.8 Å². The zero-order chi connectivity index (χ0) is 14.3. The van der Waals surface area contributed by atoms with Crippen LogP contribution in [0.1, 0.15) is 52.9 Å². The Labute approximate surface area is 123 Å². The van der Waals surface area contributed by atoms with Crippen molar-refractivity contribution in [2.45, 2.75) is 52.9 Å². The summed E-state index contributed by atoms with van der Waals surface area (Å²) in [7, 11) is -2.79. The van der Waals surface area contributed by atoms with Crippen LogP contribution in [-0.4, -0.2) is 25.8 Å². The molecule has 19 heavy (non-hydrogen) atoms. The number of alkyl halides is 1. The maximum Gasteiger partial charge on any atom is 0.150 e. The lowest BCUT2D eigenvalue weighted by molar-refractivity contribution is 0.0652. The topological polar surface area (TPSA) is 34.1 Å². The quantitative estimate of drug-likeness (QED) is 0.725. The van der Waals surface area contributed by atoms with Crippen molar-refractivity contribution >= 4 is 21.4 Å². The van der Waals surface area contributed by atoms with E-state index in [1.165, 1.54) is 12.8 Å². The summed E-state index contributed by atoms with van der Waals surface area (Å²) in [6.07, 6.45) is 5.45. The van der Waals surface area contributed by atoms with Gasteiger partial charge in [-0.15, -0.1) is 11.6 Å². The van der Waals surface area contributed by atoms with E-state index in [0.29, 0.717) is 28.7 Å². The van der Waals surface area contributed by atoms with E-state index in [0.717, 1.165) is 25.2 Å². The van der Waals surface area contributed by atoms with Gasteiger partial charge < -0.3 is 0 Å². The first kappa shape index (κ1) is 15.6. The molecule has 1 heterocycles. The number of hydrogen-bond donors (Lipinski definition) is 0. The van der Waals surface area contributed by atoms with Gasteiger partial charge in [0.05, 0.1) is 11.5 Å². The molecule has 4 heteroatoms. The summed E-state index contributed by atoms with van der Waals surface area (Å²) in [4.78, 5) is 0. The third-order valence-corrected chi connectivity index (χ3v) is 7.87. The van der Waals surface area contributed by atoms with E-state index in [1.807, 2.05) is 0 Å². The molecule has 0 amide bonds. The zero-order valence-electron chi connectivity index (χ0n) is 12.4. The van der Waals surface area contributed by atoms with Crippen LogP contribution in [0.15, 0.2) is 0 Å². The average molecular weight is 307 g/mol. The van der Waals surface area contributed by atoms with E-state index in [2.05, 4.69) is 20.8 Å². The molecule has 0 spiro atoms. The second kappa shape index (κ2) is 5.22. The van der Waals surface area contributed by atoms with E-state index in [-0.39, 0.29) is 5.41 Å². The van der Waals surface area contributed by atoms with Crippen LogP contribution >= 0.6 is 11.6 Å². The summed E-state index contributed by atoms with van der Waals surface area (Å²) in [6.45, 7) is 6.93. The predicted molar refractivity (Wildman–Crippen MR) is 81.3 cm³/mol. The Morgan fingerprint density at radius 2 is 1.74 bits per heavy atom. The van der Waals surface area contributed by atoms with Gasteiger partial charge in [-0.05, 0) is 54.8 Å². The van der Waals surface area contributed by atoms with Crippen molar-refractivity contribution in [3.63, 3.8) is 0 Å². The first-order valence-corrected chi connectivity index (χ1v) is 9.80. The molecule has 1 unspecified atom stereocenters. The van der Waals surface area contributed by atoms with Crippen LogP contribution in [0.3, 0.4) is 0 Å². The Bertz CT molecular complexity index is 414. The standard InChI is InChI=1S/C15H27ClO2S/c1-14(2,3)12-4-7-15(11-16,8-5-12)13-6-9-19(17,18)10-13/h12-13H,4-11H2,1-3H3. The van der Waals surface area contributed by atoms with Crippen molar-refractivity contribution in [1.29, 1.82) is 0 Å². The Morgan fingerprint density at radius 3 is 2.11 bits per heavy atom. The van der Waals surface area contributed by atoms with E-state index < -0.39 is 9.84 Å². The van der Waals surface area contributed by atoms with Gasteiger partial charge in [0.2, 0.25) is 0 Å². The maximum absolute atomic E-state index is 11.7. The minimum Gasteiger partial charge on any atom is -0.229 e. The predicted octanol–water partition coefficient (Wildman–Crippen LogP) is 3.88. The van der Waals surface area contributed by atoms with Crippen molar-refractivity contribution in [1.82, 2.24) is 0 Å². The number of halogens is 1. The molecule has 1 saturated heterocycles. The summed E-state index contributed by atoms with van der Waals surface area (Å²) in [5, 5.41) is 0. The molecule has 0 radical (unpaired) electrons. The Balaban J connectivity index is 2.07. The van der Waals surface area contributed by atoms with Crippen LogP contribution in [0.25, 0.3) is 0 Å². The lowest BCUT2D eigenvalue weighted by Gasteiger charge is -2.46. The molecule has 0 N–H and O–H groups in total. The van der Waals surface area contributed by atoms with Gasteiger partial charge in [0.15, 0.2) is 9.84 Å². The highest BCUT2D eigenvalue weighted by Crippen LogP contribution is 2.51. The van der Waals surface area contributed by atoms with Crippen molar-refractivity contribution < 1.29 is 8.42 Å². The molecular weight excluding hydrogens is 280 g/mol. The van der Waals surface area contributed by atoms with Gasteiger partial charge in [0, 0.05) is 5.88 Å². The molecule has 2 nitrogen and oxygen atoms in total. The molecule has 2 fully saturated rings. The van der Waals surface area contributed by atoms with Crippen LogP contribution in [0.2, 0.25) is 0 Å². The molecule has 2 aliphatic rings. The van der Waals surface area contributed by atoms with Gasteiger partial charge in [-0.3, -0.25) is 0 Å². The Morgan fingerprint density at radius 1 is 1.16 bits per heavy atom. The fraction of sp³-hybridized carbons (Fsp3) is 1.00. The van der Waals surface area contributed by atoms with Crippen LogP contribution < -0.4 is 0 Å². The molecule has 0 aromatic carbocycles. The molecule has 1 saturated carbocycles. The first-order chi connectivity index (χ1) is 8.69. The molecule has 112 valence electrons. The van der Waals surface area contributed by atoms with Gasteiger partial charge in [0.1, 0.15) is 0 Å². The minimum atomic E-state index is -2.79.